The second-order valence-corrected chi connectivity index (χ2v) is 4.68. The van der Waals surface area contributed by atoms with Gasteiger partial charge in [0.1, 0.15) is 5.75 Å². The zero-order chi connectivity index (χ0) is 11.4. The molecule has 0 spiro atoms. The van der Waals surface area contributed by atoms with E-state index in [4.69, 9.17) is 16.3 Å². The van der Waals surface area contributed by atoms with Crippen LogP contribution in [0.25, 0.3) is 0 Å². The Labute approximate surface area is 102 Å². The Balaban J connectivity index is 2.12. The van der Waals surface area contributed by atoms with Gasteiger partial charge in [0.05, 0.1) is 7.11 Å². The summed E-state index contributed by atoms with van der Waals surface area (Å²) < 4.78 is 5.36. The zero-order valence-electron chi connectivity index (χ0n) is 9.63. The number of piperidine rings is 1. The minimum atomic E-state index is 0.544. The van der Waals surface area contributed by atoms with E-state index in [-0.39, 0.29) is 0 Å². The maximum atomic E-state index is 6.22. The van der Waals surface area contributed by atoms with Crippen molar-refractivity contribution in [2.75, 3.05) is 13.7 Å². The molecule has 0 aliphatic carbocycles. The van der Waals surface area contributed by atoms with Crippen molar-refractivity contribution in [1.82, 2.24) is 5.32 Å². The minimum absolute atomic E-state index is 0.544. The Morgan fingerprint density at radius 1 is 1.44 bits per heavy atom. The van der Waals surface area contributed by atoms with Crippen molar-refractivity contribution in [3.8, 4) is 5.75 Å². The van der Waals surface area contributed by atoms with E-state index in [2.05, 4.69) is 5.32 Å². The molecule has 1 saturated heterocycles. The summed E-state index contributed by atoms with van der Waals surface area (Å²) in [5, 5.41) is 4.34. The zero-order valence-corrected chi connectivity index (χ0v) is 10.4. The maximum Gasteiger partial charge on any atom is 0.123 e. The van der Waals surface area contributed by atoms with Crippen molar-refractivity contribution in [2.24, 2.45) is 0 Å². The van der Waals surface area contributed by atoms with Gasteiger partial charge in [-0.15, -0.1) is 0 Å². The first-order valence-electron chi connectivity index (χ1n) is 5.86. The fraction of sp³-hybridized carbons (Fsp3) is 0.538. The minimum Gasteiger partial charge on any atom is -0.496 e. The molecule has 1 aliphatic rings. The second kappa shape index (κ2) is 5.55. The predicted molar refractivity (Wildman–Crippen MR) is 67.3 cm³/mol. The number of nitrogens with one attached hydrogen (secondary N) is 1. The number of ether oxygens (including phenoxy) is 1. The number of halogens is 1. The Morgan fingerprint density at radius 2 is 2.31 bits per heavy atom. The molecule has 3 heteroatoms. The fourth-order valence-corrected chi connectivity index (χ4v) is 2.52. The summed E-state index contributed by atoms with van der Waals surface area (Å²) in [6.45, 7) is 1.12. The van der Waals surface area contributed by atoms with Crippen molar-refractivity contribution in [1.29, 1.82) is 0 Å². The molecule has 1 unspecified atom stereocenters. The molecule has 0 bridgehead atoms. The van der Waals surface area contributed by atoms with Crippen LogP contribution in [0.1, 0.15) is 24.8 Å². The van der Waals surface area contributed by atoms with Crippen molar-refractivity contribution >= 4 is 11.6 Å². The van der Waals surface area contributed by atoms with E-state index in [1.54, 1.807) is 7.11 Å². The maximum absolute atomic E-state index is 6.22. The van der Waals surface area contributed by atoms with Crippen LogP contribution in [-0.4, -0.2) is 19.7 Å². The normalized spacial score (nSPS) is 20.8. The van der Waals surface area contributed by atoms with Crippen LogP contribution in [0.4, 0.5) is 0 Å². The number of methoxy groups -OCH3 is 1. The lowest BCUT2D eigenvalue weighted by Crippen LogP contribution is -2.35. The topological polar surface area (TPSA) is 21.3 Å². The highest BCUT2D eigenvalue weighted by molar-refractivity contribution is 6.31. The van der Waals surface area contributed by atoms with Crippen LogP contribution in [-0.2, 0) is 6.42 Å². The highest BCUT2D eigenvalue weighted by atomic mass is 35.5. The van der Waals surface area contributed by atoms with Gasteiger partial charge in [-0.25, -0.2) is 0 Å². The first kappa shape index (κ1) is 11.7. The first-order valence-corrected chi connectivity index (χ1v) is 6.24. The average molecular weight is 240 g/mol. The van der Waals surface area contributed by atoms with E-state index in [1.165, 1.54) is 19.3 Å². The summed E-state index contributed by atoms with van der Waals surface area (Å²) in [5.74, 6) is 0.903. The Bertz CT molecular complexity index is 348. The third-order valence-electron chi connectivity index (χ3n) is 3.16. The molecule has 1 heterocycles. The van der Waals surface area contributed by atoms with Crippen molar-refractivity contribution in [3.05, 3.63) is 28.8 Å². The van der Waals surface area contributed by atoms with Crippen LogP contribution in [0.2, 0.25) is 5.02 Å². The molecule has 16 heavy (non-hydrogen) atoms. The van der Waals surface area contributed by atoms with E-state index in [1.807, 2.05) is 18.2 Å². The SMILES string of the molecule is COc1cccc(Cl)c1CC1CCCCN1. The predicted octanol–water partition coefficient (Wildman–Crippen LogP) is 3.03. The molecule has 2 nitrogen and oxygen atoms in total. The van der Waals surface area contributed by atoms with Gasteiger partial charge in [-0.1, -0.05) is 24.1 Å². The molecule has 88 valence electrons. The second-order valence-electron chi connectivity index (χ2n) is 4.27. The fourth-order valence-electron chi connectivity index (χ4n) is 2.27. The molecular formula is C13H18ClNO. The van der Waals surface area contributed by atoms with Crippen LogP contribution in [0.3, 0.4) is 0 Å². The summed E-state index contributed by atoms with van der Waals surface area (Å²) in [4.78, 5) is 0. The summed E-state index contributed by atoms with van der Waals surface area (Å²) in [6.07, 6.45) is 4.79. The van der Waals surface area contributed by atoms with Crippen LogP contribution in [0, 0.1) is 0 Å². The third kappa shape index (κ3) is 2.69. The average Bonchev–Trinajstić information content (AvgIpc) is 2.33. The van der Waals surface area contributed by atoms with E-state index in [0.29, 0.717) is 6.04 Å². The highest BCUT2D eigenvalue weighted by Crippen LogP contribution is 2.28. The van der Waals surface area contributed by atoms with Gasteiger partial charge >= 0.3 is 0 Å². The Hall–Kier alpha value is -0.730. The molecule has 0 radical (unpaired) electrons. The quantitative estimate of drug-likeness (QED) is 0.876. The first-order chi connectivity index (χ1) is 7.81. The van der Waals surface area contributed by atoms with E-state index in [9.17, 15) is 0 Å². The lowest BCUT2D eigenvalue weighted by Gasteiger charge is -2.24. The smallest absolute Gasteiger partial charge is 0.123 e. The Kier molecular flexibility index (Phi) is 4.08. The molecule has 0 aromatic heterocycles. The molecule has 2 rings (SSSR count). The number of benzene rings is 1. The number of hydrogen-bond acceptors (Lipinski definition) is 2. The molecule has 1 aromatic carbocycles. The van der Waals surface area contributed by atoms with Gasteiger partial charge in [0, 0.05) is 16.6 Å². The van der Waals surface area contributed by atoms with Gasteiger partial charge in [0.2, 0.25) is 0 Å². The standard InChI is InChI=1S/C13H18ClNO/c1-16-13-7-4-6-12(14)11(13)9-10-5-2-3-8-15-10/h4,6-7,10,15H,2-3,5,8-9H2,1H3. The molecule has 1 aliphatic heterocycles. The van der Waals surface area contributed by atoms with Crippen LogP contribution < -0.4 is 10.1 Å². The summed E-state index contributed by atoms with van der Waals surface area (Å²) in [5.41, 5.74) is 1.13. The van der Waals surface area contributed by atoms with E-state index < -0.39 is 0 Å². The number of hydrogen-bond donors (Lipinski definition) is 1. The summed E-state index contributed by atoms with van der Waals surface area (Å²) >= 11 is 6.22. The molecule has 1 N–H and O–H groups in total. The lowest BCUT2D eigenvalue weighted by molar-refractivity contribution is 0.382. The largest absolute Gasteiger partial charge is 0.496 e. The number of rotatable bonds is 3. The lowest BCUT2D eigenvalue weighted by atomic mass is 9.97. The van der Waals surface area contributed by atoms with Crippen molar-refractivity contribution in [2.45, 2.75) is 31.7 Å². The van der Waals surface area contributed by atoms with Gasteiger partial charge in [-0.05, 0) is 37.9 Å². The molecular weight excluding hydrogens is 222 g/mol. The van der Waals surface area contributed by atoms with Gasteiger partial charge in [0.15, 0.2) is 0 Å². The Morgan fingerprint density at radius 3 is 3.00 bits per heavy atom. The molecule has 1 fully saturated rings. The van der Waals surface area contributed by atoms with Gasteiger partial charge < -0.3 is 10.1 Å². The monoisotopic (exact) mass is 239 g/mol. The molecule has 0 saturated carbocycles. The van der Waals surface area contributed by atoms with Gasteiger partial charge in [-0.3, -0.25) is 0 Å². The molecule has 1 aromatic rings. The van der Waals surface area contributed by atoms with Crippen molar-refractivity contribution < 1.29 is 4.74 Å². The van der Waals surface area contributed by atoms with Crippen LogP contribution in [0.5, 0.6) is 5.75 Å². The summed E-state index contributed by atoms with van der Waals surface area (Å²) in [7, 11) is 1.70. The van der Waals surface area contributed by atoms with E-state index in [0.717, 1.165) is 29.3 Å². The molecule has 1 atom stereocenters. The van der Waals surface area contributed by atoms with Crippen molar-refractivity contribution in [3.63, 3.8) is 0 Å². The van der Waals surface area contributed by atoms with Crippen LogP contribution in [0.15, 0.2) is 18.2 Å². The summed E-state index contributed by atoms with van der Waals surface area (Å²) in [6, 6.07) is 6.38. The third-order valence-corrected chi connectivity index (χ3v) is 3.51. The highest BCUT2D eigenvalue weighted by Gasteiger charge is 2.17. The van der Waals surface area contributed by atoms with Crippen LogP contribution >= 0.6 is 11.6 Å². The van der Waals surface area contributed by atoms with Gasteiger partial charge in [0.25, 0.3) is 0 Å². The molecule has 0 amide bonds. The van der Waals surface area contributed by atoms with Gasteiger partial charge in [-0.2, -0.15) is 0 Å². The van der Waals surface area contributed by atoms with E-state index >= 15 is 0 Å².